The molecule has 55 heavy (non-hydrogen) atoms. The highest BCUT2D eigenvalue weighted by atomic mass is 32.2. The molecule has 2 aliphatic heterocycles. The van der Waals surface area contributed by atoms with Gasteiger partial charge in [0.05, 0.1) is 18.4 Å². The van der Waals surface area contributed by atoms with Gasteiger partial charge < -0.3 is 30.0 Å². The van der Waals surface area contributed by atoms with Crippen molar-refractivity contribution in [1.82, 2.24) is 30.2 Å². The SMILES string of the molecule is C=C[C@@H]1C[C@]1(NC(=O)[C@@H]1C[C@@H]2CN1C(=O)[C@H](Cc1c[nH]c3ccccc13)NC(=O)OCCC/C=C/c1ccc3ccnc(c3c1)O2)C(=O)NS(=O)(=O)C1CC1. The maximum atomic E-state index is 14.8. The fourth-order valence-electron chi connectivity index (χ4n) is 7.60. The number of allylic oxidation sites excluding steroid dienone is 1. The lowest BCUT2D eigenvalue weighted by atomic mass is 10.0. The van der Waals surface area contributed by atoms with Crippen LogP contribution in [0.15, 0.2) is 79.7 Å². The summed E-state index contributed by atoms with van der Waals surface area (Å²) >= 11 is 0. The van der Waals surface area contributed by atoms with E-state index in [-0.39, 0.29) is 32.4 Å². The minimum Gasteiger partial charge on any atom is -0.472 e. The summed E-state index contributed by atoms with van der Waals surface area (Å²) in [7, 11) is -3.91. The molecule has 286 valence electrons. The van der Waals surface area contributed by atoms with Gasteiger partial charge in [-0.25, -0.2) is 18.2 Å². The molecule has 2 aromatic carbocycles. The molecule has 4 amide bonds. The van der Waals surface area contributed by atoms with Gasteiger partial charge in [-0.1, -0.05) is 48.6 Å². The Bertz CT molecular complexity index is 2340. The van der Waals surface area contributed by atoms with Crippen LogP contribution in [0.4, 0.5) is 4.79 Å². The van der Waals surface area contributed by atoms with Crippen molar-refractivity contribution in [3.05, 3.63) is 90.8 Å². The first-order valence-corrected chi connectivity index (χ1v) is 20.1. The fourth-order valence-corrected chi connectivity index (χ4v) is 8.96. The van der Waals surface area contributed by atoms with Gasteiger partial charge in [0.25, 0.3) is 5.91 Å². The molecule has 4 aliphatic rings. The molecule has 4 bridgehead atoms. The van der Waals surface area contributed by atoms with Gasteiger partial charge in [0.2, 0.25) is 27.7 Å². The molecule has 0 radical (unpaired) electrons. The van der Waals surface area contributed by atoms with Crippen LogP contribution in [0.1, 0.15) is 49.7 Å². The number of hydrogen-bond donors (Lipinski definition) is 4. The van der Waals surface area contributed by atoms with Crippen LogP contribution >= 0.6 is 0 Å². The Labute approximate surface area is 317 Å². The van der Waals surface area contributed by atoms with Crippen LogP contribution in [-0.2, 0) is 35.6 Å². The zero-order chi connectivity index (χ0) is 38.3. The standard InChI is InChI=1S/C40H42N6O8S/c1-2-27-21-40(27,38(49)45-55(51,52)29-13-14-29)44-35(47)34-20-28-23-46(34)37(48)33(19-26-22-42-32-10-6-5-9-30(26)32)43-39(50)53-17-7-3-4-8-24-11-12-25-15-16-41-36(54-28)31(25)18-24/h2,4-6,8-12,15-16,18,22,27-29,33-34,42H,1,3,7,13-14,17,19-21,23H2,(H,43,50)(H,44,47)(H,45,49)/b8-4+/t27-,28-,33+,34+,40-/m1/s1. The molecule has 2 aromatic heterocycles. The number of carbonyl (C=O) groups is 4. The first kappa shape index (κ1) is 36.3. The molecule has 2 saturated carbocycles. The number of sulfonamides is 1. The topological polar surface area (TPSA) is 189 Å². The Kier molecular flexibility index (Phi) is 9.57. The summed E-state index contributed by atoms with van der Waals surface area (Å²) < 4.78 is 39.7. The number of para-hydroxylation sites is 1. The molecule has 14 nitrogen and oxygen atoms in total. The average molecular weight is 767 g/mol. The van der Waals surface area contributed by atoms with E-state index in [2.05, 4.69) is 31.9 Å². The Morgan fingerprint density at radius 1 is 1.11 bits per heavy atom. The second kappa shape index (κ2) is 14.5. The van der Waals surface area contributed by atoms with E-state index < -0.39 is 68.7 Å². The normalized spacial score (nSPS) is 26.3. The van der Waals surface area contributed by atoms with Gasteiger partial charge in [-0.3, -0.25) is 19.1 Å². The number of fused-ring (bicyclic) bond motifs is 4. The third-order valence-electron chi connectivity index (χ3n) is 10.9. The fraction of sp³-hybridized carbons (Fsp3) is 0.375. The molecular formula is C40H42N6O8S. The molecule has 3 fully saturated rings. The largest absolute Gasteiger partial charge is 0.472 e. The number of aromatic amines is 1. The highest BCUT2D eigenvalue weighted by molar-refractivity contribution is 7.91. The van der Waals surface area contributed by atoms with Gasteiger partial charge in [-0.15, -0.1) is 6.58 Å². The van der Waals surface area contributed by atoms with Gasteiger partial charge in [-0.05, 0) is 66.8 Å². The smallest absolute Gasteiger partial charge is 0.407 e. The Morgan fingerprint density at radius 2 is 1.95 bits per heavy atom. The highest BCUT2D eigenvalue weighted by Crippen LogP contribution is 2.45. The quantitative estimate of drug-likeness (QED) is 0.193. The number of benzene rings is 2. The van der Waals surface area contributed by atoms with Crippen molar-refractivity contribution in [1.29, 1.82) is 0 Å². The molecule has 1 saturated heterocycles. The zero-order valence-corrected chi connectivity index (χ0v) is 30.8. The number of rotatable bonds is 8. The Balaban J connectivity index is 1.14. The number of carbonyl (C=O) groups excluding carboxylic acids is 4. The average Bonchev–Trinajstić information content (AvgIpc) is 4.08. The first-order valence-electron chi connectivity index (χ1n) is 18.6. The number of H-pyrrole nitrogens is 1. The van der Waals surface area contributed by atoms with Crippen LogP contribution in [0, 0.1) is 5.92 Å². The van der Waals surface area contributed by atoms with E-state index >= 15 is 0 Å². The molecule has 15 heteroatoms. The number of cyclic esters (lactones) is 1. The minimum absolute atomic E-state index is 0.0241. The van der Waals surface area contributed by atoms with Crippen molar-refractivity contribution in [2.24, 2.45) is 5.92 Å². The minimum atomic E-state index is -3.91. The molecule has 0 unspecified atom stereocenters. The summed E-state index contributed by atoms with van der Waals surface area (Å²) in [5, 5.41) is 7.45. The van der Waals surface area contributed by atoms with Crippen LogP contribution in [0.2, 0.25) is 0 Å². The molecule has 4 N–H and O–H groups in total. The van der Waals surface area contributed by atoms with Crippen LogP contribution < -0.4 is 20.1 Å². The number of amides is 4. The number of aromatic nitrogens is 2. The third kappa shape index (κ3) is 7.40. The molecule has 4 heterocycles. The van der Waals surface area contributed by atoms with Crippen LogP contribution in [0.3, 0.4) is 0 Å². The lowest BCUT2D eigenvalue weighted by molar-refractivity contribution is -0.141. The highest BCUT2D eigenvalue weighted by Gasteiger charge is 2.62. The summed E-state index contributed by atoms with van der Waals surface area (Å²) in [6.45, 7) is 3.86. The maximum Gasteiger partial charge on any atom is 0.407 e. The van der Waals surface area contributed by atoms with E-state index in [0.717, 1.165) is 32.8 Å². The van der Waals surface area contributed by atoms with E-state index in [1.165, 1.54) is 11.0 Å². The first-order chi connectivity index (χ1) is 26.5. The summed E-state index contributed by atoms with van der Waals surface area (Å²) in [4.78, 5) is 65.1. The van der Waals surface area contributed by atoms with E-state index in [9.17, 15) is 27.6 Å². The van der Waals surface area contributed by atoms with E-state index in [1.54, 1.807) is 12.4 Å². The van der Waals surface area contributed by atoms with Gasteiger partial charge in [-0.2, -0.15) is 0 Å². The van der Waals surface area contributed by atoms with Crippen LogP contribution in [0.5, 0.6) is 5.88 Å². The zero-order valence-electron chi connectivity index (χ0n) is 30.0. The summed E-state index contributed by atoms with van der Waals surface area (Å²) in [6, 6.07) is 13.0. The number of ether oxygens (including phenoxy) is 2. The molecule has 0 spiro atoms. The van der Waals surface area contributed by atoms with Gasteiger partial charge in [0.1, 0.15) is 23.7 Å². The van der Waals surface area contributed by atoms with Gasteiger partial charge in [0.15, 0.2) is 0 Å². The van der Waals surface area contributed by atoms with Crippen molar-refractivity contribution in [3.8, 4) is 5.88 Å². The predicted molar refractivity (Wildman–Crippen MR) is 204 cm³/mol. The van der Waals surface area contributed by atoms with Crippen molar-refractivity contribution in [3.63, 3.8) is 0 Å². The van der Waals surface area contributed by atoms with Crippen molar-refractivity contribution in [2.75, 3.05) is 13.2 Å². The number of hydrogen-bond acceptors (Lipinski definition) is 9. The van der Waals surface area contributed by atoms with E-state index in [1.807, 2.05) is 60.7 Å². The molecular weight excluding hydrogens is 725 g/mol. The summed E-state index contributed by atoms with van der Waals surface area (Å²) in [6.07, 6.45) is 9.75. The van der Waals surface area contributed by atoms with Crippen LogP contribution in [0.25, 0.3) is 27.8 Å². The summed E-state index contributed by atoms with van der Waals surface area (Å²) in [5.41, 5.74) is 0.975. The number of alkyl carbamates (subject to hydrolysis) is 1. The molecule has 5 atom stereocenters. The summed E-state index contributed by atoms with van der Waals surface area (Å²) in [5.74, 6) is -2.26. The number of nitrogens with zero attached hydrogens (tertiary/aromatic N) is 2. The molecule has 4 aromatic rings. The molecule has 2 aliphatic carbocycles. The maximum absolute atomic E-state index is 14.8. The Hall–Kier alpha value is -5.70. The monoisotopic (exact) mass is 766 g/mol. The van der Waals surface area contributed by atoms with E-state index in [4.69, 9.17) is 9.47 Å². The lowest BCUT2D eigenvalue weighted by Gasteiger charge is -2.29. The van der Waals surface area contributed by atoms with Crippen LogP contribution in [-0.4, -0.2) is 89.2 Å². The predicted octanol–water partition coefficient (Wildman–Crippen LogP) is 3.88. The number of pyridine rings is 1. The van der Waals surface area contributed by atoms with E-state index in [0.29, 0.717) is 31.6 Å². The van der Waals surface area contributed by atoms with Gasteiger partial charge in [0, 0.05) is 47.4 Å². The lowest BCUT2D eigenvalue weighted by Crippen LogP contribution is -2.58. The van der Waals surface area contributed by atoms with Crippen molar-refractivity contribution in [2.45, 2.75) is 73.9 Å². The van der Waals surface area contributed by atoms with Crippen molar-refractivity contribution < 1.29 is 37.1 Å². The van der Waals surface area contributed by atoms with Crippen molar-refractivity contribution >= 4 is 61.6 Å². The molecule has 8 rings (SSSR count). The second-order valence-corrected chi connectivity index (χ2v) is 16.7. The third-order valence-corrected chi connectivity index (χ3v) is 12.7. The van der Waals surface area contributed by atoms with Gasteiger partial charge >= 0.3 is 6.09 Å². The second-order valence-electron chi connectivity index (χ2n) is 14.7. The Morgan fingerprint density at radius 3 is 2.75 bits per heavy atom. The number of nitrogens with one attached hydrogen (secondary N) is 4.